The first kappa shape index (κ1) is 13.5. The van der Waals surface area contributed by atoms with E-state index in [1.54, 1.807) is 17.0 Å². The molecule has 104 valence electrons. The van der Waals surface area contributed by atoms with Crippen LogP contribution in [0.25, 0.3) is 0 Å². The van der Waals surface area contributed by atoms with Crippen molar-refractivity contribution in [2.45, 2.75) is 18.9 Å². The number of nitrogens with zero attached hydrogens (tertiary/aromatic N) is 4. The van der Waals surface area contributed by atoms with Crippen LogP contribution >= 0.6 is 31.9 Å². The van der Waals surface area contributed by atoms with E-state index in [1.807, 2.05) is 0 Å². The molecule has 1 aliphatic heterocycles. The van der Waals surface area contributed by atoms with Gasteiger partial charge in [-0.25, -0.2) is 0 Å². The van der Waals surface area contributed by atoms with Crippen molar-refractivity contribution in [3.63, 3.8) is 0 Å². The van der Waals surface area contributed by atoms with Crippen molar-refractivity contribution in [1.29, 1.82) is 0 Å². The van der Waals surface area contributed by atoms with E-state index in [4.69, 9.17) is 0 Å². The number of carbonyl (C=O) groups excluding carboxylic acids is 1. The topological polar surface area (TPSA) is 95.0 Å². The number of benzene rings is 1. The van der Waals surface area contributed by atoms with Gasteiger partial charge in [-0.3, -0.25) is 4.79 Å². The number of hydrogen-bond acceptors (Lipinski definition) is 5. The third-order valence-electron chi connectivity index (χ3n) is 3.13. The fourth-order valence-electron chi connectivity index (χ4n) is 2.17. The Hall–Kier alpha value is -1.48. The second-order valence-electron chi connectivity index (χ2n) is 4.41. The Labute approximate surface area is 130 Å². The zero-order valence-corrected chi connectivity index (χ0v) is 13.2. The lowest BCUT2D eigenvalue weighted by molar-refractivity contribution is -0.124. The number of amides is 1. The molecule has 0 saturated carbocycles. The molecule has 1 unspecified atom stereocenters. The molecule has 2 heterocycles. The zero-order chi connectivity index (χ0) is 14.3. The Morgan fingerprint density at radius 2 is 2.10 bits per heavy atom. The van der Waals surface area contributed by atoms with Crippen LogP contribution in [-0.2, 0) is 11.2 Å². The van der Waals surface area contributed by atoms with E-state index >= 15 is 0 Å². The van der Waals surface area contributed by atoms with Gasteiger partial charge in [0.2, 0.25) is 5.91 Å². The molecule has 9 heteroatoms. The number of halogens is 2. The predicted molar refractivity (Wildman–Crippen MR) is 77.3 cm³/mol. The van der Waals surface area contributed by atoms with Gasteiger partial charge in [0.1, 0.15) is 5.75 Å². The molecule has 1 saturated heterocycles. The highest BCUT2D eigenvalue weighted by atomic mass is 79.9. The highest BCUT2D eigenvalue weighted by Gasteiger charge is 2.38. The van der Waals surface area contributed by atoms with Crippen LogP contribution in [-0.4, -0.2) is 37.7 Å². The van der Waals surface area contributed by atoms with Crippen molar-refractivity contribution >= 4 is 43.5 Å². The van der Waals surface area contributed by atoms with Crippen molar-refractivity contribution < 1.29 is 9.90 Å². The molecule has 2 N–H and O–H groups in total. The van der Waals surface area contributed by atoms with Gasteiger partial charge in [-0.2, -0.15) is 5.21 Å². The van der Waals surface area contributed by atoms with Gasteiger partial charge in [-0.05, 0) is 44.0 Å². The molecule has 1 aromatic carbocycles. The third-order valence-corrected chi connectivity index (χ3v) is 4.34. The number of phenolic OH excluding ortho intramolecular Hbond substituents is 1. The third kappa shape index (κ3) is 2.31. The van der Waals surface area contributed by atoms with E-state index in [0.717, 1.165) is 0 Å². The first-order valence-corrected chi connectivity index (χ1v) is 7.37. The minimum absolute atomic E-state index is 0.00319. The highest BCUT2D eigenvalue weighted by Crippen LogP contribution is 2.39. The van der Waals surface area contributed by atoms with Crippen molar-refractivity contribution in [2.75, 3.05) is 4.90 Å². The molecule has 1 atom stereocenters. The van der Waals surface area contributed by atoms with Crippen molar-refractivity contribution in [1.82, 2.24) is 20.6 Å². The van der Waals surface area contributed by atoms with Crippen LogP contribution in [0.1, 0.15) is 12.2 Å². The maximum atomic E-state index is 11.8. The quantitative estimate of drug-likeness (QED) is 0.763. The predicted octanol–water partition coefficient (Wildman–Crippen LogP) is 1.78. The molecular formula is C11H9Br2N5O2. The number of carbonyl (C=O) groups is 1. The van der Waals surface area contributed by atoms with Crippen LogP contribution in [0.15, 0.2) is 21.1 Å². The number of rotatable bonds is 3. The molecule has 1 aliphatic rings. The minimum Gasteiger partial charge on any atom is -0.506 e. The number of β-lactam (4-membered cyclic amide) rings is 1. The molecule has 20 heavy (non-hydrogen) atoms. The van der Waals surface area contributed by atoms with Gasteiger partial charge in [0.05, 0.1) is 15.0 Å². The average Bonchev–Trinajstić information content (AvgIpc) is 2.88. The standard InChI is InChI=1S/C11H9Br2N5O2/c12-7-1-5(2-8(13)11(7)20)18-6(4-10(18)19)3-9-14-16-17-15-9/h1-2,6,20H,3-4H2,(H,14,15,16,17). The van der Waals surface area contributed by atoms with Gasteiger partial charge in [0.15, 0.2) is 5.82 Å². The minimum atomic E-state index is 0.00319. The number of aromatic amines is 1. The number of aromatic hydroxyl groups is 1. The molecule has 2 aromatic rings. The number of H-pyrrole nitrogens is 1. The summed E-state index contributed by atoms with van der Waals surface area (Å²) < 4.78 is 1.06. The van der Waals surface area contributed by atoms with E-state index < -0.39 is 0 Å². The molecule has 1 aromatic heterocycles. The summed E-state index contributed by atoms with van der Waals surface area (Å²) in [5.74, 6) is 0.712. The summed E-state index contributed by atoms with van der Waals surface area (Å²) in [6.07, 6.45) is 0.989. The number of aromatic nitrogens is 4. The fraction of sp³-hybridized carbons (Fsp3) is 0.273. The van der Waals surface area contributed by atoms with Crippen LogP contribution in [0.5, 0.6) is 5.75 Å². The van der Waals surface area contributed by atoms with Crippen molar-refractivity contribution in [3.05, 3.63) is 26.9 Å². The van der Waals surface area contributed by atoms with E-state index in [-0.39, 0.29) is 17.7 Å². The van der Waals surface area contributed by atoms with Gasteiger partial charge in [0, 0.05) is 18.5 Å². The van der Waals surface area contributed by atoms with Gasteiger partial charge in [-0.15, -0.1) is 10.2 Å². The lowest BCUT2D eigenvalue weighted by atomic mass is 9.97. The van der Waals surface area contributed by atoms with Crippen LogP contribution in [0.4, 0.5) is 5.69 Å². The van der Waals surface area contributed by atoms with Crippen molar-refractivity contribution in [2.24, 2.45) is 0 Å². The van der Waals surface area contributed by atoms with Crippen molar-refractivity contribution in [3.8, 4) is 5.75 Å². The molecular weight excluding hydrogens is 394 g/mol. The largest absolute Gasteiger partial charge is 0.506 e. The maximum Gasteiger partial charge on any atom is 0.229 e. The molecule has 0 aliphatic carbocycles. The Kier molecular flexibility index (Phi) is 3.47. The van der Waals surface area contributed by atoms with Crippen LogP contribution in [0, 0.1) is 0 Å². The van der Waals surface area contributed by atoms with Crippen LogP contribution in [0.2, 0.25) is 0 Å². The second kappa shape index (κ2) is 5.13. The lowest BCUT2D eigenvalue weighted by Crippen LogP contribution is -2.54. The molecule has 3 rings (SSSR count). The molecule has 0 bridgehead atoms. The molecule has 0 radical (unpaired) electrons. The highest BCUT2D eigenvalue weighted by molar-refractivity contribution is 9.11. The fourth-order valence-corrected chi connectivity index (χ4v) is 3.33. The number of tetrazole rings is 1. The SMILES string of the molecule is O=C1CC(Cc2nn[nH]n2)N1c1cc(Br)c(O)c(Br)c1. The number of phenols is 1. The number of hydrogen-bond donors (Lipinski definition) is 2. The van der Waals surface area contributed by atoms with Gasteiger partial charge < -0.3 is 10.0 Å². The average molecular weight is 403 g/mol. The summed E-state index contributed by atoms with van der Waals surface area (Å²) in [6.45, 7) is 0. The van der Waals surface area contributed by atoms with E-state index in [1.165, 1.54) is 0 Å². The monoisotopic (exact) mass is 401 g/mol. The molecule has 1 fully saturated rings. The second-order valence-corrected chi connectivity index (χ2v) is 6.12. The summed E-state index contributed by atoms with van der Waals surface area (Å²) >= 11 is 6.52. The number of nitrogens with one attached hydrogen (secondary N) is 1. The summed E-state index contributed by atoms with van der Waals surface area (Å²) in [5.41, 5.74) is 0.714. The summed E-state index contributed by atoms with van der Waals surface area (Å²) in [4.78, 5) is 13.5. The van der Waals surface area contributed by atoms with E-state index in [9.17, 15) is 9.90 Å². The van der Waals surface area contributed by atoms with Gasteiger partial charge >= 0.3 is 0 Å². The summed E-state index contributed by atoms with van der Waals surface area (Å²) in [6, 6.07) is 3.42. The van der Waals surface area contributed by atoms with Crippen LogP contribution in [0.3, 0.4) is 0 Å². The first-order chi connectivity index (χ1) is 9.56. The van der Waals surface area contributed by atoms with Gasteiger partial charge in [0.25, 0.3) is 0 Å². The summed E-state index contributed by atoms with van der Waals surface area (Å²) in [7, 11) is 0. The zero-order valence-electron chi connectivity index (χ0n) is 10.0. The number of anilines is 1. The van der Waals surface area contributed by atoms with E-state index in [0.29, 0.717) is 33.3 Å². The normalized spacial score (nSPS) is 18.2. The Morgan fingerprint density at radius 3 is 2.65 bits per heavy atom. The summed E-state index contributed by atoms with van der Waals surface area (Å²) in [5, 5.41) is 23.4. The molecule has 0 spiro atoms. The molecule has 1 amide bonds. The lowest BCUT2D eigenvalue weighted by Gasteiger charge is -2.40. The Balaban J connectivity index is 1.86. The molecule has 7 nitrogen and oxygen atoms in total. The first-order valence-electron chi connectivity index (χ1n) is 5.78. The van der Waals surface area contributed by atoms with Gasteiger partial charge in [-0.1, -0.05) is 5.21 Å². The van der Waals surface area contributed by atoms with Crippen LogP contribution < -0.4 is 4.90 Å². The Bertz CT molecular complexity index is 638. The maximum absolute atomic E-state index is 11.8. The smallest absolute Gasteiger partial charge is 0.229 e. The van der Waals surface area contributed by atoms with E-state index in [2.05, 4.69) is 52.5 Å². The Morgan fingerprint density at radius 1 is 1.40 bits per heavy atom.